The SMILES string of the molecule is CCN(CC(C)(C)O)C(=O)C1CC(=O)N(CC(C)C)C1. The fourth-order valence-electron chi connectivity index (χ4n) is 2.63. The van der Waals surface area contributed by atoms with E-state index in [1.807, 2.05) is 6.92 Å². The van der Waals surface area contributed by atoms with Crippen LogP contribution in [0.2, 0.25) is 0 Å². The second kappa shape index (κ2) is 6.57. The number of hydrogen-bond acceptors (Lipinski definition) is 3. The largest absolute Gasteiger partial charge is 0.389 e. The van der Waals surface area contributed by atoms with E-state index in [1.165, 1.54) is 0 Å². The highest BCUT2D eigenvalue weighted by Gasteiger charge is 2.37. The number of rotatable bonds is 6. The Labute approximate surface area is 121 Å². The molecule has 0 spiro atoms. The summed E-state index contributed by atoms with van der Waals surface area (Å²) in [5, 5.41) is 9.86. The summed E-state index contributed by atoms with van der Waals surface area (Å²) in [7, 11) is 0. The molecule has 1 N–H and O–H groups in total. The van der Waals surface area contributed by atoms with Crippen molar-refractivity contribution in [3.8, 4) is 0 Å². The molecule has 1 saturated heterocycles. The molecule has 5 heteroatoms. The normalized spacial score (nSPS) is 19.9. The van der Waals surface area contributed by atoms with Gasteiger partial charge in [-0.1, -0.05) is 13.8 Å². The van der Waals surface area contributed by atoms with Crippen LogP contribution in [-0.2, 0) is 9.59 Å². The molecule has 116 valence electrons. The molecule has 1 rings (SSSR count). The standard InChI is InChI=1S/C15H28N2O3/c1-6-16(10-15(4,5)20)14(19)12-7-13(18)17(9-12)8-11(2)3/h11-12,20H,6-10H2,1-5H3. The number of hydrogen-bond donors (Lipinski definition) is 1. The smallest absolute Gasteiger partial charge is 0.228 e. The van der Waals surface area contributed by atoms with Crippen LogP contribution < -0.4 is 0 Å². The molecule has 0 aromatic heterocycles. The number of likely N-dealkylation sites (tertiary alicyclic amines) is 1. The van der Waals surface area contributed by atoms with E-state index in [9.17, 15) is 14.7 Å². The van der Waals surface area contributed by atoms with Crippen molar-refractivity contribution >= 4 is 11.8 Å². The van der Waals surface area contributed by atoms with Crippen molar-refractivity contribution in [1.82, 2.24) is 9.80 Å². The molecule has 5 nitrogen and oxygen atoms in total. The highest BCUT2D eigenvalue weighted by atomic mass is 16.3. The third-order valence-electron chi connectivity index (χ3n) is 3.42. The molecule has 1 atom stereocenters. The van der Waals surface area contributed by atoms with Crippen molar-refractivity contribution < 1.29 is 14.7 Å². The third-order valence-corrected chi connectivity index (χ3v) is 3.42. The van der Waals surface area contributed by atoms with Crippen LogP contribution in [-0.4, -0.2) is 58.5 Å². The predicted molar refractivity (Wildman–Crippen MR) is 78.1 cm³/mol. The molecule has 1 heterocycles. The van der Waals surface area contributed by atoms with Gasteiger partial charge in [0.1, 0.15) is 0 Å². The first-order valence-corrected chi connectivity index (χ1v) is 7.43. The number of aliphatic hydroxyl groups is 1. The van der Waals surface area contributed by atoms with Gasteiger partial charge in [0.2, 0.25) is 11.8 Å². The van der Waals surface area contributed by atoms with E-state index in [0.717, 1.165) is 0 Å². The fraction of sp³-hybridized carbons (Fsp3) is 0.867. The summed E-state index contributed by atoms with van der Waals surface area (Å²) in [6.45, 7) is 11.5. The minimum absolute atomic E-state index is 0.0192. The van der Waals surface area contributed by atoms with Gasteiger partial charge in [-0.25, -0.2) is 0 Å². The second-order valence-corrected chi connectivity index (χ2v) is 6.76. The van der Waals surface area contributed by atoms with Gasteiger partial charge in [0.15, 0.2) is 0 Å². The summed E-state index contributed by atoms with van der Waals surface area (Å²) in [6, 6.07) is 0. The van der Waals surface area contributed by atoms with E-state index < -0.39 is 5.60 Å². The first-order chi connectivity index (χ1) is 9.14. The van der Waals surface area contributed by atoms with Gasteiger partial charge in [0.05, 0.1) is 11.5 Å². The Morgan fingerprint density at radius 1 is 1.50 bits per heavy atom. The minimum Gasteiger partial charge on any atom is -0.389 e. The number of nitrogens with zero attached hydrogens (tertiary/aromatic N) is 2. The van der Waals surface area contributed by atoms with Crippen LogP contribution in [0.15, 0.2) is 0 Å². The van der Waals surface area contributed by atoms with Crippen LogP contribution in [0.5, 0.6) is 0 Å². The van der Waals surface area contributed by atoms with Crippen LogP contribution in [0.3, 0.4) is 0 Å². The number of likely N-dealkylation sites (N-methyl/N-ethyl adjacent to an activating group) is 1. The predicted octanol–water partition coefficient (Wildman–Crippen LogP) is 1.11. The maximum absolute atomic E-state index is 12.5. The molecular formula is C15H28N2O3. The highest BCUT2D eigenvalue weighted by molar-refractivity contribution is 5.89. The maximum Gasteiger partial charge on any atom is 0.228 e. The van der Waals surface area contributed by atoms with Crippen molar-refractivity contribution in [2.24, 2.45) is 11.8 Å². The van der Waals surface area contributed by atoms with Gasteiger partial charge in [0, 0.05) is 32.6 Å². The molecule has 1 aliphatic heterocycles. The molecule has 0 aromatic rings. The Hall–Kier alpha value is -1.10. The Balaban J connectivity index is 2.66. The lowest BCUT2D eigenvalue weighted by atomic mass is 10.0. The van der Waals surface area contributed by atoms with Crippen molar-refractivity contribution in [3.05, 3.63) is 0 Å². The van der Waals surface area contributed by atoms with Gasteiger partial charge < -0.3 is 14.9 Å². The van der Waals surface area contributed by atoms with Crippen molar-refractivity contribution in [3.63, 3.8) is 0 Å². The Kier molecular flexibility index (Phi) is 5.57. The Morgan fingerprint density at radius 3 is 2.55 bits per heavy atom. The lowest BCUT2D eigenvalue weighted by Gasteiger charge is -2.30. The molecule has 1 fully saturated rings. The quantitative estimate of drug-likeness (QED) is 0.795. The van der Waals surface area contributed by atoms with Gasteiger partial charge in [-0.05, 0) is 26.7 Å². The van der Waals surface area contributed by atoms with Crippen molar-refractivity contribution in [2.45, 2.75) is 46.6 Å². The molecule has 20 heavy (non-hydrogen) atoms. The lowest BCUT2D eigenvalue weighted by molar-refractivity contribution is -0.138. The maximum atomic E-state index is 12.5. The molecule has 0 bridgehead atoms. The summed E-state index contributed by atoms with van der Waals surface area (Å²) >= 11 is 0. The monoisotopic (exact) mass is 284 g/mol. The van der Waals surface area contributed by atoms with Crippen LogP contribution in [0, 0.1) is 11.8 Å². The Bertz CT molecular complexity index is 361. The van der Waals surface area contributed by atoms with Gasteiger partial charge in [-0.15, -0.1) is 0 Å². The molecule has 0 aliphatic carbocycles. The molecule has 1 unspecified atom stereocenters. The van der Waals surface area contributed by atoms with E-state index in [1.54, 1.807) is 23.6 Å². The first-order valence-electron chi connectivity index (χ1n) is 7.43. The molecule has 2 amide bonds. The van der Waals surface area contributed by atoms with Crippen molar-refractivity contribution in [2.75, 3.05) is 26.2 Å². The average molecular weight is 284 g/mol. The summed E-state index contributed by atoms with van der Waals surface area (Å²) in [5.74, 6) is 0.195. The topological polar surface area (TPSA) is 60.9 Å². The van der Waals surface area contributed by atoms with Crippen LogP contribution >= 0.6 is 0 Å². The zero-order chi connectivity index (χ0) is 15.5. The average Bonchev–Trinajstić information content (AvgIpc) is 2.65. The summed E-state index contributed by atoms with van der Waals surface area (Å²) in [5.41, 5.74) is -0.911. The second-order valence-electron chi connectivity index (χ2n) is 6.76. The van der Waals surface area contributed by atoms with Gasteiger partial charge in [-0.3, -0.25) is 9.59 Å². The van der Waals surface area contributed by atoms with Crippen LogP contribution in [0.4, 0.5) is 0 Å². The van der Waals surface area contributed by atoms with Gasteiger partial charge in [-0.2, -0.15) is 0 Å². The first kappa shape index (κ1) is 17.0. The van der Waals surface area contributed by atoms with Crippen LogP contribution in [0.25, 0.3) is 0 Å². The molecular weight excluding hydrogens is 256 g/mol. The van der Waals surface area contributed by atoms with E-state index in [2.05, 4.69) is 13.8 Å². The lowest BCUT2D eigenvalue weighted by Crippen LogP contribution is -2.45. The van der Waals surface area contributed by atoms with Gasteiger partial charge >= 0.3 is 0 Å². The summed E-state index contributed by atoms with van der Waals surface area (Å²) < 4.78 is 0. The number of amides is 2. The third kappa shape index (κ3) is 4.78. The zero-order valence-electron chi connectivity index (χ0n) is 13.3. The molecule has 0 radical (unpaired) electrons. The molecule has 0 aromatic carbocycles. The van der Waals surface area contributed by atoms with Crippen LogP contribution in [0.1, 0.15) is 41.0 Å². The van der Waals surface area contributed by atoms with E-state index in [4.69, 9.17) is 0 Å². The zero-order valence-corrected chi connectivity index (χ0v) is 13.3. The molecule has 1 aliphatic rings. The summed E-state index contributed by atoms with van der Waals surface area (Å²) in [4.78, 5) is 27.8. The summed E-state index contributed by atoms with van der Waals surface area (Å²) in [6.07, 6.45) is 0.300. The van der Waals surface area contributed by atoms with E-state index in [-0.39, 0.29) is 17.7 Å². The molecule has 0 saturated carbocycles. The van der Waals surface area contributed by atoms with Crippen molar-refractivity contribution in [1.29, 1.82) is 0 Å². The van der Waals surface area contributed by atoms with E-state index >= 15 is 0 Å². The fourth-order valence-corrected chi connectivity index (χ4v) is 2.63. The number of carbonyl (C=O) groups is 2. The number of carbonyl (C=O) groups excluding carboxylic acids is 2. The minimum atomic E-state index is -0.911. The van der Waals surface area contributed by atoms with Gasteiger partial charge in [0.25, 0.3) is 0 Å². The Morgan fingerprint density at radius 2 is 2.10 bits per heavy atom. The van der Waals surface area contributed by atoms with E-state index in [0.29, 0.717) is 38.5 Å². The highest BCUT2D eigenvalue weighted by Crippen LogP contribution is 2.22.